The highest BCUT2D eigenvalue weighted by Crippen LogP contribution is 2.39. The molecule has 2 aliphatic rings. The number of benzene rings is 1. The van der Waals surface area contributed by atoms with Gasteiger partial charge < -0.3 is 19.2 Å². The number of carbonyl (C=O) groups excluding carboxylic acids is 2. The van der Waals surface area contributed by atoms with Gasteiger partial charge in [-0.3, -0.25) is 14.5 Å². The van der Waals surface area contributed by atoms with Gasteiger partial charge in [-0.1, -0.05) is 18.2 Å². The lowest BCUT2D eigenvalue weighted by Crippen LogP contribution is -2.58. The summed E-state index contributed by atoms with van der Waals surface area (Å²) in [4.78, 5) is 40.7. The van der Waals surface area contributed by atoms with E-state index in [2.05, 4.69) is 0 Å². The van der Waals surface area contributed by atoms with E-state index in [0.717, 1.165) is 5.56 Å². The van der Waals surface area contributed by atoms with Crippen molar-refractivity contribution in [1.29, 1.82) is 0 Å². The summed E-state index contributed by atoms with van der Waals surface area (Å²) in [5.41, 5.74) is 0.189. The molecule has 2 saturated heterocycles. The van der Waals surface area contributed by atoms with Crippen LogP contribution in [0.25, 0.3) is 0 Å². The Morgan fingerprint density at radius 2 is 1.79 bits per heavy atom. The number of aliphatic carboxylic acids is 1. The smallest absolute Gasteiger partial charge is 0.328 e. The molecule has 8 heteroatoms. The molecule has 3 heterocycles. The van der Waals surface area contributed by atoms with Gasteiger partial charge in [0.25, 0.3) is 11.8 Å². The van der Waals surface area contributed by atoms with Crippen molar-refractivity contribution in [3.05, 3.63) is 59.5 Å². The quantitative estimate of drug-likeness (QED) is 0.850. The molecule has 2 aliphatic heterocycles. The molecular weight excluding hydrogens is 376 g/mol. The number of hydrogen-bond donors (Lipinski definition) is 1. The Bertz CT molecular complexity index is 930. The van der Waals surface area contributed by atoms with E-state index < -0.39 is 17.7 Å². The second kappa shape index (κ2) is 7.36. The molecule has 0 bridgehead atoms. The minimum Gasteiger partial charge on any atom is -0.480 e. The van der Waals surface area contributed by atoms with Gasteiger partial charge in [-0.05, 0) is 30.7 Å². The summed E-state index contributed by atoms with van der Waals surface area (Å²) in [6.45, 7) is 2.42. The van der Waals surface area contributed by atoms with Gasteiger partial charge in [-0.25, -0.2) is 4.79 Å². The van der Waals surface area contributed by atoms with Crippen molar-refractivity contribution in [1.82, 2.24) is 9.80 Å². The van der Waals surface area contributed by atoms with Crippen molar-refractivity contribution >= 4 is 17.8 Å². The maximum Gasteiger partial charge on any atom is 0.328 e. The number of ether oxygens (including phenoxy) is 1. The first-order valence-corrected chi connectivity index (χ1v) is 9.52. The minimum atomic E-state index is -1.10. The van der Waals surface area contributed by atoms with Crippen LogP contribution in [0.3, 0.4) is 0 Å². The monoisotopic (exact) mass is 398 g/mol. The van der Waals surface area contributed by atoms with Gasteiger partial charge in [0.2, 0.25) is 0 Å². The summed E-state index contributed by atoms with van der Waals surface area (Å²) in [6.07, 6.45) is 2.11. The number of likely N-dealkylation sites (tertiary alicyclic amines) is 1. The molecule has 1 spiro atoms. The van der Waals surface area contributed by atoms with Crippen LogP contribution >= 0.6 is 0 Å². The van der Waals surface area contributed by atoms with Crippen LogP contribution in [0.15, 0.2) is 47.1 Å². The van der Waals surface area contributed by atoms with E-state index in [4.69, 9.17) is 9.15 Å². The van der Waals surface area contributed by atoms with Crippen LogP contribution < -0.4 is 0 Å². The number of carboxylic acids is 1. The Labute approximate surface area is 167 Å². The molecule has 1 aromatic carbocycles. The predicted octanol–water partition coefficient (Wildman–Crippen LogP) is 2.15. The average molecular weight is 398 g/mol. The van der Waals surface area contributed by atoms with E-state index in [9.17, 15) is 19.5 Å². The highest BCUT2D eigenvalue weighted by atomic mass is 16.5. The molecule has 4 rings (SSSR count). The first kappa shape index (κ1) is 19.2. The lowest BCUT2D eigenvalue weighted by molar-refractivity contribution is -0.143. The zero-order valence-electron chi connectivity index (χ0n) is 16.0. The van der Waals surface area contributed by atoms with Crippen LogP contribution in [0.5, 0.6) is 0 Å². The van der Waals surface area contributed by atoms with Crippen LogP contribution in [0.2, 0.25) is 0 Å². The van der Waals surface area contributed by atoms with E-state index in [0.29, 0.717) is 31.5 Å². The number of rotatable bonds is 3. The summed E-state index contributed by atoms with van der Waals surface area (Å²) >= 11 is 0. The van der Waals surface area contributed by atoms with Gasteiger partial charge in [-0.2, -0.15) is 0 Å². The second-order valence-corrected chi connectivity index (χ2v) is 7.37. The fourth-order valence-electron chi connectivity index (χ4n) is 4.11. The van der Waals surface area contributed by atoms with Crippen molar-refractivity contribution in [3.63, 3.8) is 0 Å². The Hall–Kier alpha value is -3.13. The van der Waals surface area contributed by atoms with Gasteiger partial charge in [0.05, 0.1) is 12.9 Å². The molecule has 1 aromatic heterocycles. The van der Waals surface area contributed by atoms with Crippen molar-refractivity contribution in [2.75, 3.05) is 19.7 Å². The molecule has 152 valence electrons. The third-order valence-corrected chi connectivity index (χ3v) is 5.70. The number of furan rings is 1. The molecular formula is C21H22N2O6. The number of carboxylic acid groups (broad SMARTS) is 1. The molecule has 2 fully saturated rings. The van der Waals surface area contributed by atoms with Crippen molar-refractivity contribution < 1.29 is 28.6 Å². The van der Waals surface area contributed by atoms with E-state index in [1.807, 2.05) is 19.1 Å². The van der Waals surface area contributed by atoms with Gasteiger partial charge >= 0.3 is 5.97 Å². The first-order valence-electron chi connectivity index (χ1n) is 9.52. The fourth-order valence-corrected chi connectivity index (χ4v) is 4.11. The molecule has 0 radical (unpaired) electrons. The van der Waals surface area contributed by atoms with E-state index in [1.165, 1.54) is 11.2 Å². The molecule has 29 heavy (non-hydrogen) atoms. The number of piperidine rings is 1. The predicted molar refractivity (Wildman–Crippen MR) is 101 cm³/mol. The Balaban J connectivity index is 1.59. The third kappa shape index (κ3) is 3.29. The Morgan fingerprint density at radius 1 is 1.07 bits per heavy atom. The molecule has 1 N–H and O–H groups in total. The average Bonchev–Trinajstić information content (AvgIpc) is 3.37. The van der Waals surface area contributed by atoms with E-state index >= 15 is 0 Å². The van der Waals surface area contributed by atoms with Crippen molar-refractivity contribution in [2.45, 2.75) is 31.5 Å². The van der Waals surface area contributed by atoms with Gasteiger partial charge in [0, 0.05) is 31.5 Å². The Kier molecular flexibility index (Phi) is 4.87. The standard InChI is InChI=1S/C21H22N2O6/c1-14-5-2-3-6-15(14)18(24)23-16(20(26)27)13-29-21(23)8-10-22(11-9-21)19(25)17-7-4-12-28-17/h2-7,12,16H,8-11,13H2,1H3,(H,26,27)/t16-/m1/s1. The first-order chi connectivity index (χ1) is 13.9. The zero-order chi connectivity index (χ0) is 20.6. The maximum absolute atomic E-state index is 13.3. The summed E-state index contributed by atoms with van der Waals surface area (Å²) in [5.74, 6) is -1.43. The second-order valence-electron chi connectivity index (χ2n) is 7.37. The highest BCUT2D eigenvalue weighted by molar-refractivity contribution is 5.98. The summed E-state index contributed by atoms with van der Waals surface area (Å²) < 4.78 is 11.1. The highest BCUT2D eigenvalue weighted by Gasteiger charge is 2.54. The summed E-state index contributed by atoms with van der Waals surface area (Å²) in [5, 5.41) is 9.68. The van der Waals surface area contributed by atoms with E-state index in [-0.39, 0.29) is 24.2 Å². The number of amides is 2. The number of hydrogen-bond acceptors (Lipinski definition) is 5. The van der Waals surface area contributed by atoms with Gasteiger partial charge in [0.1, 0.15) is 5.72 Å². The Morgan fingerprint density at radius 3 is 2.41 bits per heavy atom. The van der Waals surface area contributed by atoms with Crippen molar-refractivity contribution in [2.24, 2.45) is 0 Å². The summed E-state index contributed by atoms with van der Waals surface area (Å²) in [6, 6.07) is 9.29. The third-order valence-electron chi connectivity index (χ3n) is 5.70. The maximum atomic E-state index is 13.3. The van der Waals surface area contributed by atoms with Crippen LogP contribution in [-0.2, 0) is 9.53 Å². The summed E-state index contributed by atoms with van der Waals surface area (Å²) in [7, 11) is 0. The molecule has 0 saturated carbocycles. The fraction of sp³-hybridized carbons (Fsp3) is 0.381. The minimum absolute atomic E-state index is 0.0704. The topological polar surface area (TPSA) is 100 Å². The number of nitrogens with zero attached hydrogens (tertiary/aromatic N) is 2. The number of carbonyl (C=O) groups is 3. The van der Waals surface area contributed by atoms with Crippen molar-refractivity contribution in [3.8, 4) is 0 Å². The molecule has 1 atom stereocenters. The SMILES string of the molecule is Cc1ccccc1C(=O)N1[C@@H](C(=O)O)COC12CCN(C(=O)c1ccco1)CC2. The number of aryl methyl sites for hydroxylation is 1. The lowest BCUT2D eigenvalue weighted by atomic mass is 9.96. The molecule has 0 unspecified atom stereocenters. The van der Waals surface area contributed by atoms with Gasteiger partial charge in [0.15, 0.2) is 11.8 Å². The van der Waals surface area contributed by atoms with Crippen LogP contribution in [0.1, 0.15) is 39.3 Å². The molecule has 2 aromatic rings. The van der Waals surface area contributed by atoms with E-state index in [1.54, 1.807) is 29.2 Å². The molecule has 8 nitrogen and oxygen atoms in total. The largest absolute Gasteiger partial charge is 0.480 e. The van der Waals surface area contributed by atoms with Crippen LogP contribution in [0.4, 0.5) is 0 Å². The molecule has 0 aliphatic carbocycles. The normalized spacial score (nSPS) is 20.8. The molecule has 2 amide bonds. The zero-order valence-corrected chi connectivity index (χ0v) is 16.0. The van der Waals surface area contributed by atoms with Gasteiger partial charge in [-0.15, -0.1) is 0 Å². The lowest BCUT2D eigenvalue weighted by Gasteiger charge is -2.44. The van der Waals surface area contributed by atoms with Crippen LogP contribution in [0, 0.1) is 6.92 Å². The van der Waals surface area contributed by atoms with Crippen LogP contribution in [-0.4, -0.2) is 64.2 Å².